The molecule has 0 aromatic rings. The lowest BCUT2D eigenvalue weighted by molar-refractivity contribution is -0.128. The summed E-state index contributed by atoms with van der Waals surface area (Å²) in [5.74, 6) is 0.815. The number of carbonyl (C=O) groups is 1. The SMILES string of the molecule is CC1OCCC1CN1CC(CO)CC1=O. The topological polar surface area (TPSA) is 49.8 Å². The fraction of sp³-hybridized carbons (Fsp3) is 0.909. The minimum atomic E-state index is 0.124. The van der Waals surface area contributed by atoms with E-state index in [-0.39, 0.29) is 24.5 Å². The fourth-order valence-electron chi connectivity index (χ4n) is 2.45. The molecule has 2 aliphatic rings. The van der Waals surface area contributed by atoms with Crippen molar-refractivity contribution in [1.29, 1.82) is 0 Å². The third kappa shape index (κ3) is 2.32. The number of carbonyl (C=O) groups excluding carboxylic acids is 1. The van der Waals surface area contributed by atoms with Gasteiger partial charge in [0.1, 0.15) is 0 Å². The lowest BCUT2D eigenvalue weighted by Crippen LogP contribution is -2.33. The van der Waals surface area contributed by atoms with Crippen molar-refractivity contribution in [3.8, 4) is 0 Å². The van der Waals surface area contributed by atoms with E-state index < -0.39 is 0 Å². The van der Waals surface area contributed by atoms with E-state index in [1.165, 1.54) is 0 Å². The van der Waals surface area contributed by atoms with E-state index in [2.05, 4.69) is 6.92 Å². The summed E-state index contributed by atoms with van der Waals surface area (Å²) in [5.41, 5.74) is 0. The van der Waals surface area contributed by atoms with Gasteiger partial charge in [-0.25, -0.2) is 0 Å². The van der Waals surface area contributed by atoms with Gasteiger partial charge in [-0.1, -0.05) is 0 Å². The van der Waals surface area contributed by atoms with Crippen LogP contribution in [-0.4, -0.2) is 48.3 Å². The molecule has 0 aliphatic carbocycles. The van der Waals surface area contributed by atoms with E-state index in [0.29, 0.717) is 12.3 Å². The quantitative estimate of drug-likeness (QED) is 0.731. The zero-order valence-electron chi connectivity index (χ0n) is 9.19. The third-order valence-electron chi connectivity index (χ3n) is 3.54. The number of ether oxygens (including phenoxy) is 1. The fourth-order valence-corrected chi connectivity index (χ4v) is 2.45. The maximum absolute atomic E-state index is 11.6. The number of amides is 1. The second-order valence-electron chi connectivity index (χ2n) is 4.68. The number of rotatable bonds is 3. The van der Waals surface area contributed by atoms with Crippen LogP contribution in [0.3, 0.4) is 0 Å². The Morgan fingerprint density at radius 2 is 2.40 bits per heavy atom. The normalized spacial score (nSPS) is 36.5. The molecule has 4 heteroatoms. The molecular weight excluding hydrogens is 194 g/mol. The summed E-state index contributed by atoms with van der Waals surface area (Å²) < 4.78 is 5.48. The van der Waals surface area contributed by atoms with Gasteiger partial charge < -0.3 is 14.7 Å². The van der Waals surface area contributed by atoms with E-state index in [9.17, 15) is 4.79 Å². The lowest BCUT2D eigenvalue weighted by Gasteiger charge is -2.22. The van der Waals surface area contributed by atoms with Crippen LogP contribution >= 0.6 is 0 Å². The zero-order valence-corrected chi connectivity index (χ0v) is 9.19. The molecule has 4 nitrogen and oxygen atoms in total. The summed E-state index contributed by atoms with van der Waals surface area (Å²) in [6.45, 7) is 4.53. The Labute approximate surface area is 90.2 Å². The van der Waals surface area contributed by atoms with Gasteiger partial charge in [-0.15, -0.1) is 0 Å². The summed E-state index contributed by atoms with van der Waals surface area (Å²) >= 11 is 0. The number of nitrogens with zero attached hydrogens (tertiary/aromatic N) is 1. The number of hydrogen-bond donors (Lipinski definition) is 1. The molecule has 2 heterocycles. The molecule has 1 amide bonds. The highest BCUT2D eigenvalue weighted by molar-refractivity contribution is 5.78. The van der Waals surface area contributed by atoms with E-state index in [1.54, 1.807) is 0 Å². The second-order valence-corrected chi connectivity index (χ2v) is 4.68. The molecule has 0 aromatic carbocycles. The first-order chi connectivity index (χ1) is 7.20. The molecule has 3 unspecified atom stereocenters. The molecule has 0 spiro atoms. The molecular formula is C11H19NO3. The molecule has 2 fully saturated rings. The van der Waals surface area contributed by atoms with Gasteiger partial charge in [-0.2, -0.15) is 0 Å². The summed E-state index contributed by atoms with van der Waals surface area (Å²) in [5, 5.41) is 9.01. The van der Waals surface area contributed by atoms with Crippen LogP contribution in [0, 0.1) is 11.8 Å². The van der Waals surface area contributed by atoms with Gasteiger partial charge in [-0.05, 0) is 13.3 Å². The van der Waals surface area contributed by atoms with Crippen LogP contribution in [0.4, 0.5) is 0 Å². The largest absolute Gasteiger partial charge is 0.396 e. The smallest absolute Gasteiger partial charge is 0.223 e. The monoisotopic (exact) mass is 213 g/mol. The van der Waals surface area contributed by atoms with Crippen molar-refractivity contribution in [2.45, 2.75) is 25.9 Å². The van der Waals surface area contributed by atoms with Gasteiger partial charge in [0, 0.05) is 44.6 Å². The molecule has 2 rings (SSSR count). The first-order valence-corrected chi connectivity index (χ1v) is 5.71. The zero-order chi connectivity index (χ0) is 10.8. The molecule has 1 N–H and O–H groups in total. The highest BCUT2D eigenvalue weighted by Gasteiger charge is 2.33. The predicted molar refractivity (Wildman–Crippen MR) is 55.3 cm³/mol. The average molecular weight is 213 g/mol. The molecule has 2 aliphatic heterocycles. The Morgan fingerprint density at radius 3 is 2.93 bits per heavy atom. The van der Waals surface area contributed by atoms with Crippen molar-refractivity contribution in [2.75, 3.05) is 26.3 Å². The second kappa shape index (κ2) is 4.49. The van der Waals surface area contributed by atoms with Gasteiger partial charge in [0.25, 0.3) is 0 Å². The maximum atomic E-state index is 11.6. The molecule has 3 atom stereocenters. The molecule has 0 radical (unpaired) electrons. The standard InChI is InChI=1S/C11H19NO3/c1-8-10(2-3-15-8)6-12-5-9(7-13)4-11(12)14/h8-10,13H,2-7H2,1H3. The van der Waals surface area contributed by atoms with Crippen molar-refractivity contribution in [3.63, 3.8) is 0 Å². The molecule has 0 saturated carbocycles. The predicted octanol–water partition coefficient (Wildman–Crippen LogP) is 0.252. The van der Waals surface area contributed by atoms with Crippen molar-refractivity contribution >= 4 is 5.91 Å². The van der Waals surface area contributed by atoms with Crippen LogP contribution in [0.15, 0.2) is 0 Å². The van der Waals surface area contributed by atoms with E-state index in [1.807, 2.05) is 4.90 Å². The van der Waals surface area contributed by atoms with Crippen LogP contribution in [0.5, 0.6) is 0 Å². The van der Waals surface area contributed by atoms with Gasteiger partial charge in [0.05, 0.1) is 6.10 Å². The Bertz CT molecular complexity index is 244. The summed E-state index contributed by atoms with van der Waals surface area (Å²) in [6, 6.07) is 0. The van der Waals surface area contributed by atoms with Crippen molar-refractivity contribution in [1.82, 2.24) is 4.90 Å². The molecule has 0 bridgehead atoms. The summed E-state index contributed by atoms with van der Waals surface area (Å²) in [6.07, 6.45) is 1.83. The van der Waals surface area contributed by atoms with E-state index in [0.717, 1.165) is 26.1 Å². The lowest BCUT2D eigenvalue weighted by atomic mass is 10.0. The molecule has 2 saturated heterocycles. The Hall–Kier alpha value is -0.610. The highest BCUT2D eigenvalue weighted by atomic mass is 16.5. The van der Waals surface area contributed by atoms with Gasteiger partial charge in [0.15, 0.2) is 0 Å². The number of aliphatic hydroxyl groups excluding tert-OH is 1. The van der Waals surface area contributed by atoms with Gasteiger partial charge in [0.2, 0.25) is 5.91 Å². The molecule has 15 heavy (non-hydrogen) atoms. The van der Waals surface area contributed by atoms with Crippen LogP contribution in [0.2, 0.25) is 0 Å². The van der Waals surface area contributed by atoms with Crippen LogP contribution in [0.25, 0.3) is 0 Å². The first kappa shape index (κ1) is 10.9. The van der Waals surface area contributed by atoms with Gasteiger partial charge >= 0.3 is 0 Å². The van der Waals surface area contributed by atoms with Crippen molar-refractivity contribution < 1.29 is 14.6 Å². The highest BCUT2D eigenvalue weighted by Crippen LogP contribution is 2.25. The summed E-state index contributed by atoms with van der Waals surface area (Å²) in [7, 11) is 0. The first-order valence-electron chi connectivity index (χ1n) is 5.71. The van der Waals surface area contributed by atoms with E-state index in [4.69, 9.17) is 9.84 Å². The minimum Gasteiger partial charge on any atom is -0.396 e. The van der Waals surface area contributed by atoms with E-state index >= 15 is 0 Å². The van der Waals surface area contributed by atoms with Crippen LogP contribution in [-0.2, 0) is 9.53 Å². The Kier molecular flexibility index (Phi) is 3.26. The van der Waals surface area contributed by atoms with Crippen LogP contribution in [0.1, 0.15) is 19.8 Å². The Balaban J connectivity index is 1.86. The maximum Gasteiger partial charge on any atom is 0.223 e. The minimum absolute atomic E-state index is 0.124. The Morgan fingerprint density at radius 1 is 1.60 bits per heavy atom. The van der Waals surface area contributed by atoms with Crippen molar-refractivity contribution in [2.24, 2.45) is 11.8 Å². The average Bonchev–Trinajstić information content (AvgIpc) is 2.76. The third-order valence-corrected chi connectivity index (χ3v) is 3.54. The van der Waals surface area contributed by atoms with Crippen LogP contribution < -0.4 is 0 Å². The van der Waals surface area contributed by atoms with Gasteiger partial charge in [-0.3, -0.25) is 4.79 Å². The summed E-state index contributed by atoms with van der Waals surface area (Å²) in [4.78, 5) is 13.5. The molecule has 0 aromatic heterocycles. The van der Waals surface area contributed by atoms with Crippen molar-refractivity contribution in [3.05, 3.63) is 0 Å². The molecule has 86 valence electrons. The number of hydrogen-bond acceptors (Lipinski definition) is 3. The number of likely N-dealkylation sites (tertiary alicyclic amines) is 1. The number of aliphatic hydroxyl groups is 1.